The molecule has 2 fully saturated rings. The first-order valence-electron chi connectivity index (χ1n) is 12.3. The number of methoxy groups -OCH3 is 3. The quantitative estimate of drug-likeness (QED) is 0.560. The second-order valence-corrected chi connectivity index (χ2v) is 11.4. The lowest BCUT2D eigenvalue weighted by atomic mass is 10.0. The Balaban J connectivity index is 1.37. The molecule has 9 nitrogen and oxygen atoms in total. The zero-order valence-corrected chi connectivity index (χ0v) is 21.8. The van der Waals surface area contributed by atoms with Crippen LogP contribution < -0.4 is 19.1 Å². The van der Waals surface area contributed by atoms with Gasteiger partial charge in [0, 0.05) is 45.2 Å². The first kappa shape index (κ1) is 24.7. The van der Waals surface area contributed by atoms with Gasteiger partial charge in [-0.2, -0.15) is 4.31 Å². The van der Waals surface area contributed by atoms with Crippen LogP contribution >= 0.6 is 0 Å². The van der Waals surface area contributed by atoms with Gasteiger partial charge in [0.25, 0.3) is 0 Å². The number of carbonyl (C=O) groups is 1. The van der Waals surface area contributed by atoms with Crippen LogP contribution in [0.5, 0.6) is 17.2 Å². The molecule has 1 saturated heterocycles. The van der Waals surface area contributed by atoms with Gasteiger partial charge >= 0.3 is 0 Å². The molecule has 2 aromatic rings. The van der Waals surface area contributed by atoms with Crippen LogP contribution in [0.1, 0.15) is 24.0 Å². The summed E-state index contributed by atoms with van der Waals surface area (Å²) in [5.74, 6) is 2.30. The first-order valence-corrected chi connectivity index (χ1v) is 13.8. The van der Waals surface area contributed by atoms with Crippen LogP contribution in [0.2, 0.25) is 0 Å². The smallest absolute Gasteiger partial charge is 0.243 e. The van der Waals surface area contributed by atoms with Gasteiger partial charge in [-0.25, -0.2) is 8.42 Å². The summed E-state index contributed by atoms with van der Waals surface area (Å²) < 4.78 is 45.3. The summed E-state index contributed by atoms with van der Waals surface area (Å²) in [4.78, 5) is 16.7. The summed E-state index contributed by atoms with van der Waals surface area (Å²) in [5.41, 5.74) is 2.71. The summed E-state index contributed by atoms with van der Waals surface area (Å²) in [6.45, 7) is 3.18. The number of ether oxygens (including phenoxy) is 3. The van der Waals surface area contributed by atoms with Gasteiger partial charge in [-0.3, -0.25) is 4.79 Å². The van der Waals surface area contributed by atoms with Crippen LogP contribution in [0.4, 0.5) is 5.69 Å². The lowest BCUT2D eigenvalue weighted by molar-refractivity contribution is -0.132. The topological polar surface area (TPSA) is 88.6 Å². The number of hydrogen-bond donors (Lipinski definition) is 0. The van der Waals surface area contributed by atoms with Gasteiger partial charge in [0.05, 0.1) is 31.9 Å². The largest absolute Gasteiger partial charge is 0.495 e. The van der Waals surface area contributed by atoms with Crippen molar-refractivity contribution in [1.82, 2.24) is 9.21 Å². The summed E-state index contributed by atoms with van der Waals surface area (Å²) in [5, 5.41) is 0. The molecular weight excluding hydrogens is 482 g/mol. The predicted molar refractivity (Wildman–Crippen MR) is 135 cm³/mol. The van der Waals surface area contributed by atoms with E-state index in [2.05, 4.69) is 4.90 Å². The number of piperazine rings is 1. The predicted octanol–water partition coefficient (Wildman–Crippen LogP) is 2.52. The fourth-order valence-corrected chi connectivity index (χ4v) is 6.48. The fourth-order valence-electron chi connectivity index (χ4n) is 5.05. The lowest BCUT2D eigenvalue weighted by Crippen LogP contribution is -2.49. The van der Waals surface area contributed by atoms with Gasteiger partial charge in [-0.05, 0) is 60.7 Å². The maximum atomic E-state index is 13.7. The molecule has 3 aliphatic rings. The third-order valence-electron chi connectivity index (χ3n) is 7.33. The van der Waals surface area contributed by atoms with Crippen molar-refractivity contribution >= 4 is 21.6 Å². The molecule has 0 unspecified atom stereocenters. The number of hydrogen-bond acceptors (Lipinski definition) is 7. The van der Waals surface area contributed by atoms with E-state index in [1.165, 1.54) is 4.31 Å². The molecule has 10 heteroatoms. The molecule has 0 N–H and O–H groups in total. The van der Waals surface area contributed by atoms with E-state index in [9.17, 15) is 13.2 Å². The van der Waals surface area contributed by atoms with Crippen LogP contribution in [0.25, 0.3) is 0 Å². The van der Waals surface area contributed by atoms with Crippen LogP contribution in [0.3, 0.4) is 0 Å². The van der Waals surface area contributed by atoms with E-state index < -0.39 is 10.0 Å². The molecule has 0 aromatic heterocycles. The minimum atomic E-state index is -3.74. The maximum Gasteiger partial charge on any atom is 0.243 e. The molecule has 2 heterocycles. The zero-order valence-electron chi connectivity index (χ0n) is 21.0. The minimum Gasteiger partial charge on any atom is -0.495 e. The summed E-state index contributed by atoms with van der Waals surface area (Å²) in [6, 6.07) is 8.82. The number of fused-ring (bicyclic) bond motifs is 1. The average molecular weight is 516 g/mol. The number of nitrogens with zero attached hydrogens (tertiary/aromatic N) is 3. The van der Waals surface area contributed by atoms with Crippen LogP contribution in [0.15, 0.2) is 35.2 Å². The van der Waals surface area contributed by atoms with Crippen molar-refractivity contribution in [3.05, 3.63) is 41.5 Å². The van der Waals surface area contributed by atoms with Gasteiger partial charge in [0.1, 0.15) is 5.75 Å². The molecule has 0 atom stereocenters. The molecule has 2 aromatic carbocycles. The molecule has 0 radical (unpaired) electrons. The van der Waals surface area contributed by atoms with Crippen molar-refractivity contribution in [2.45, 2.75) is 30.7 Å². The highest BCUT2D eigenvalue weighted by Gasteiger charge is 2.35. The van der Waals surface area contributed by atoms with E-state index in [1.807, 2.05) is 17.0 Å². The van der Waals surface area contributed by atoms with Crippen LogP contribution in [-0.2, 0) is 27.8 Å². The van der Waals surface area contributed by atoms with Crippen molar-refractivity contribution in [3.63, 3.8) is 0 Å². The molecule has 36 heavy (non-hydrogen) atoms. The normalized spacial score (nSPS) is 18.5. The molecular formula is C26H33N3O6S. The number of rotatable bonds is 7. The molecule has 5 rings (SSSR count). The molecule has 0 spiro atoms. The maximum absolute atomic E-state index is 13.7. The molecule has 0 bridgehead atoms. The molecule has 1 amide bonds. The third kappa shape index (κ3) is 4.59. The number of amides is 1. The number of carbonyl (C=O) groups excluding carboxylic acids is 1. The molecule has 194 valence electrons. The number of sulfonamides is 1. The van der Waals surface area contributed by atoms with E-state index in [4.69, 9.17) is 14.2 Å². The monoisotopic (exact) mass is 515 g/mol. The third-order valence-corrected chi connectivity index (χ3v) is 9.17. The highest BCUT2D eigenvalue weighted by Crippen LogP contribution is 2.37. The van der Waals surface area contributed by atoms with Crippen molar-refractivity contribution in [2.75, 3.05) is 59.0 Å². The van der Waals surface area contributed by atoms with Crippen molar-refractivity contribution in [1.29, 1.82) is 0 Å². The van der Waals surface area contributed by atoms with E-state index in [0.29, 0.717) is 56.4 Å². The lowest BCUT2D eigenvalue weighted by Gasteiger charge is -2.37. The summed E-state index contributed by atoms with van der Waals surface area (Å²) >= 11 is 0. The van der Waals surface area contributed by atoms with Crippen molar-refractivity contribution < 1.29 is 27.4 Å². The fraction of sp³-hybridized carbons (Fsp3) is 0.500. The van der Waals surface area contributed by atoms with Crippen LogP contribution in [0, 0.1) is 5.92 Å². The number of anilines is 1. The number of benzene rings is 2. The Morgan fingerprint density at radius 1 is 0.833 bits per heavy atom. The average Bonchev–Trinajstić information content (AvgIpc) is 3.77. The standard InChI is InChI=1S/C26H33N3O6S/c1-33-23-7-6-21(16-22(23)27-10-12-28(13-11-27)26(30)18-4-5-18)36(31,32)29-9-8-19-14-24(34-2)25(35-3)15-20(19)17-29/h6-7,14-16,18H,4-5,8-13,17H2,1-3H3. The van der Waals surface area contributed by atoms with Crippen molar-refractivity contribution in [3.8, 4) is 17.2 Å². The van der Waals surface area contributed by atoms with Crippen molar-refractivity contribution in [2.24, 2.45) is 5.92 Å². The van der Waals surface area contributed by atoms with Gasteiger partial charge in [0.2, 0.25) is 15.9 Å². The van der Waals surface area contributed by atoms with Gasteiger partial charge in [-0.15, -0.1) is 0 Å². The summed E-state index contributed by atoms with van der Waals surface area (Å²) in [6.07, 6.45) is 2.58. The summed E-state index contributed by atoms with van der Waals surface area (Å²) in [7, 11) is 1.01. The second kappa shape index (κ2) is 9.82. The van der Waals surface area contributed by atoms with Gasteiger partial charge in [0.15, 0.2) is 11.5 Å². The Bertz CT molecular complexity index is 1250. The van der Waals surface area contributed by atoms with Crippen LogP contribution in [-0.4, -0.2) is 77.6 Å². The highest BCUT2D eigenvalue weighted by molar-refractivity contribution is 7.89. The van der Waals surface area contributed by atoms with Gasteiger partial charge < -0.3 is 24.0 Å². The second-order valence-electron chi connectivity index (χ2n) is 9.48. The SMILES string of the molecule is COc1cc2c(cc1OC)CN(S(=O)(=O)c1ccc(OC)c(N3CCN(C(=O)C4CC4)CC3)c1)CC2. The molecule has 2 aliphatic heterocycles. The first-order chi connectivity index (χ1) is 17.3. The Morgan fingerprint density at radius 3 is 2.08 bits per heavy atom. The minimum absolute atomic E-state index is 0.204. The Morgan fingerprint density at radius 2 is 1.47 bits per heavy atom. The Labute approximate surface area is 212 Å². The molecule has 1 saturated carbocycles. The Kier molecular flexibility index (Phi) is 6.74. The Hall–Kier alpha value is -2.98. The van der Waals surface area contributed by atoms with E-state index in [1.54, 1.807) is 39.5 Å². The van der Waals surface area contributed by atoms with E-state index in [0.717, 1.165) is 29.7 Å². The highest BCUT2D eigenvalue weighted by atomic mass is 32.2. The molecule has 1 aliphatic carbocycles. The van der Waals surface area contributed by atoms with Gasteiger partial charge in [-0.1, -0.05) is 0 Å². The zero-order chi connectivity index (χ0) is 25.4. The van der Waals surface area contributed by atoms with E-state index >= 15 is 0 Å². The van der Waals surface area contributed by atoms with E-state index in [-0.39, 0.29) is 23.3 Å².